The summed E-state index contributed by atoms with van der Waals surface area (Å²) < 4.78 is 0. The molecule has 6 heteroatoms. The number of nitrogens with two attached hydrogens (primary N) is 1. The Balaban J connectivity index is 0.00000144. The van der Waals surface area contributed by atoms with E-state index in [9.17, 15) is 0 Å². The van der Waals surface area contributed by atoms with Crippen molar-refractivity contribution in [3.05, 3.63) is 16.1 Å². The highest BCUT2D eigenvalue weighted by molar-refractivity contribution is 7.09. The van der Waals surface area contributed by atoms with Crippen LogP contribution in [-0.2, 0) is 13.0 Å². The minimum atomic E-state index is 0. The van der Waals surface area contributed by atoms with Gasteiger partial charge in [-0.1, -0.05) is 6.92 Å². The van der Waals surface area contributed by atoms with Crippen molar-refractivity contribution in [3.63, 3.8) is 0 Å². The molecule has 1 saturated heterocycles. The van der Waals surface area contributed by atoms with Crippen molar-refractivity contribution in [1.82, 2.24) is 9.88 Å². The minimum absolute atomic E-state index is 0. The fourth-order valence-corrected chi connectivity index (χ4v) is 3.11. The Morgan fingerprint density at radius 1 is 1.50 bits per heavy atom. The normalized spacial score (nSPS) is 20.0. The fraction of sp³-hybridized carbons (Fsp3) is 0.750. The maximum Gasteiger partial charge on any atom is 0.0928 e. The van der Waals surface area contributed by atoms with E-state index in [4.69, 9.17) is 5.73 Å². The molecule has 1 aliphatic rings. The molecule has 1 aromatic rings. The molecule has 2 N–H and O–H groups in total. The summed E-state index contributed by atoms with van der Waals surface area (Å²) in [5, 5.41) is 3.48. The lowest BCUT2D eigenvalue weighted by atomic mass is 10.1. The van der Waals surface area contributed by atoms with Gasteiger partial charge in [-0.3, -0.25) is 4.90 Å². The lowest BCUT2D eigenvalue weighted by molar-refractivity contribution is 0.199. The van der Waals surface area contributed by atoms with E-state index in [0.29, 0.717) is 6.04 Å². The monoisotopic (exact) mass is 311 g/mol. The summed E-state index contributed by atoms with van der Waals surface area (Å²) in [4.78, 5) is 7.08. The number of halogens is 2. The lowest BCUT2D eigenvalue weighted by Gasteiger charge is -2.29. The zero-order valence-corrected chi connectivity index (χ0v) is 13.3. The molecule has 0 amide bonds. The Hall–Kier alpha value is 0.130. The second-order valence-electron chi connectivity index (χ2n) is 4.62. The van der Waals surface area contributed by atoms with Crippen LogP contribution in [0.15, 0.2) is 5.38 Å². The first kappa shape index (κ1) is 18.1. The highest BCUT2D eigenvalue weighted by Crippen LogP contribution is 2.16. The zero-order valence-electron chi connectivity index (χ0n) is 10.8. The number of aryl methyl sites for hydroxylation is 1. The molecule has 3 nitrogen and oxygen atoms in total. The van der Waals surface area contributed by atoms with Gasteiger partial charge in [-0.15, -0.1) is 36.2 Å². The summed E-state index contributed by atoms with van der Waals surface area (Å²) in [6.07, 6.45) is 4.70. The van der Waals surface area contributed by atoms with Gasteiger partial charge in [0.1, 0.15) is 0 Å². The number of hydrogen-bond acceptors (Lipinski definition) is 4. The van der Waals surface area contributed by atoms with Crippen LogP contribution >= 0.6 is 36.2 Å². The molecule has 106 valence electrons. The number of rotatable bonds is 4. The summed E-state index contributed by atoms with van der Waals surface area (Å²) in [5.74, 6) is 0. The van der Waals surface area contributed by atoms with Gasteiger partial charge in [0.25, 0.3) is 0 Å². The zero-order chi connectivity index (χ0) is 11.4. The van der Waals surface area contributed by atoms with E-state index >= 15 is 0 Å². The number of thiazole rings is 1. The highest BCUT2D eigenvalue weighted by atomic mass is 35.5. The van der Waals surface area contributed by atoms with E-state index < -0.39 is 0 Å². The van der Waals surface area contributed by atoms with Gasteiger partial charge in [0.15, 0.2) is 0 Å². The van der Waals surface area contributed by atoms with Crippen LogP contribution in [0.2, 0.25) is 0 Å². The highest BCUT2D eigenvalue weighted by Gasteiger charge is 2.17. The number of likely N-dealkylation sites (tertiary alicyclic amines) is 1. The van der Waals surface area contributed by atoms with Crippen LogP contribution in [0.3, 0.4) is 0 Å². The summed E-state index contributed by atoms with van der Waals surface area (Å²) in [6, 6.07) is 0.363. The van der Waals surface area contributed by atoms with Gasteiger partial charge < -0.3 is 5.73 Å². The molecule has 18 heavy (non-hydrogen) atoms. The van der Waals surface area contributed by atoms with Crippen LogP contribution in [0.4, 0.5) is 0 Å². The van der Waals surface area contributed by atoms with Crippen LogP contribution < -0.4 is 5.73 Å². The Morgan fingerprint density at radius 2 is 2.28 bits per heavy atom. The van der Waals surface area contributed by atoms with Gasteiger partial charge in [0, 0.05) is 24.5 Å². The van der Waals surface area contributed by atoms with E-state index in [2.05, 4.69) is 22.2 Å². The maximum absolute atomic E-state index is 5.97. The van der Waals surface area contributed by atoms with Crippen LogP contribution in [-0.4, -0.2) is 29.0 Å². The smallest absolute Gasteiger partial charge is 0.0928 e. The molecule has 0 aliphatic carbocycles. The molecule has 0 radical (unpaired) electrons. The lowest BCUT2D eigenvalue weighted by Crippen LogP contribution is -2.42. The second kappa shape index (κ2) is 9.10. The molecule has 0 saturated carbocycles. The number of hydrogen-bond donors (Lipinski definition) is 1. The van der Waals surface area contributed by atoms with Gasteiger partial charge in [-0.05, 0) is 32.2 Å². The Morgan fingerprint density at radius 3 is 2.94 bits per heavy atom. The third-order valence-corrected chi connectivity index (χ3v) is 3.95. The largest absolute Gasteiger partial charge is 0.327 e. The molecule has 0 aromatic carbocycles. The van der Waals surface area contributed by atoms with Crippen LogP contribution in [0.5, 0.6) is 0 Å². The van der Waals surface area contributed by atoms with Crippen LogP contribution in [0, 0.1) is 0 Å². The summed E-state index contributed by atoms with van der Waals surface area (Å²) in [6.45, 7) is 5.38. The third-order valence-electron chi connectivity index (χ3n) is 2.99. The number of aromatic nitrogens is 1. The predicted octanol–water partition coefficient (Wildman–Crippen LogP) is 2.86. The molecule has 2 heterocycles. The van der Waals surface area contributed by atoms with Gasteiger partial charge in [0.05, 0.1) is 10.7 Å². The fourth-order valence-electron chi connectivity index (χ4n) is 2.21. The van der Waals surface area contributed by atoms with Crippen LogP contribution in [0.1, 0.15) is 36.9 Å². The van der Waals surface area contributed by atoms with Gasteiger partial charge >= 0.3 is 0 Å². The number of piperidine rings is 1. The minimum Gasteiger partial charge on any atom is -0.327 e. The Kier molecular flexibility index (Phi) is 9.17. The molecule has 1 atom stereocenters. The van der Waals surface area contributed by atoms with Crippen molar-refractivity contribution >= 4 is 36.2 Å². The van der Waals surface area contributed by atoms with E-state index in [1.807, 2.05) is 0 Å². The molecule has 0 spiro atoms. The topological polar surface area (TPSA) is 42.2 Å². The summed E-state index contributed by atoms with van der Waals surface area (Å²) in [7, 11) is 0. The van der Waals surface area contributed by atoms with Gasteiger partial charge in [-0.2, -0.15) is 0 Å². The van der Waals surface area contributed by atoms with Crippen molar-refractivity contribution in [1.29, 1.82) is 0 Å². The predicted molar refractivity (Wildman–Crippen MR) is 83.1 cm³/mol. The quantitative estimate of drug-likeness (QED) is 0.929. The first-order valence-corrected chi connectivity index (χ1v) is 7.07. The van der Waals surface area contributed by atoms with E-state index in [-0.39, 0.29) is 24.8 Å². The molecule has 0 unspecified atom stereocenters. The summed E-state index contributed by atoms with van der Waals surface area (Å²) in [5.41, 5.74) is 7.20. The van der Waals surface area contributed by atoms with Crippen LogP contribution in [0.25, 0.3) is 0 Å². The first-order chi connectivity index (χ1) is 7.78. The molecular weight excluding hydrogens is 289 g/mol. The van der Waals surface area contributed by atoms with Crippen molar-refractivity contribution in [2.45, 2.75) is 45.2 Å². The molecule has 1 fully saturated rings. The van der Waals surface area contributed by atoms with E-state index in [1.54, 1.807) is 11.3 Å². The maximum atomic E-state index is 5.97. The Labute approximate surface area is 126 Å². The average Bonchev–Trinajstić information content (AvgIpc) is 2.66. The van der Waals surface area contributed by atoms with Gasteiger partial charge in [0.2, 0.25) is 0 Å². The SMILES string of the molecule is CCCc1nc(CN2CCC[C@@H](N)C2)cs1.Cl.Cl. The standard InChI is InChI=1S/C12H21N3S.2ClH/c1-2-4-12-14-11(9-16-12)8-15-6-3-5-10(13)7-15;;/h9-10H,2-8,13H2,1H3;2*1H/t10-;;/m1../s1. The third kappa shape index (κ3) is 5.41. The average molecular weight is 312 g/mol. The molecular formula is C12H23Cl2N3S. The van der Waals surface area contributed by atoms with Crippen molar-refractivity contribution in [2.75, 3.05) is 13.1 Å². The van der Waals surface area contributed by atoms with Crippen molar-refractivity contribution in [2.24, 2.45) is 5.73 Å². The molecule has 0 bridgehead atoms. The summed E-state index contributed by atoms with van der Waals surface area (Å²) >= 11 is 1.79. The number of nitrogens with zero attached hydrogens (tertiary/aromatic N) is 2. The van der Waals surface area contributed by atoms with Crippen molar-refractivity contribution in [3.8, 4) is 0 Å². The Bertz CT molecular complexity index is 333. The second-order valence-corrected chi connectivity index (χ2v) is 5.56. The molecule has 1 aliphatic heterocycles. The van der Waals surface area contributed by atoms with Crippen molar-refractivity contribution < 1.29 is 0 Å². The molecule has 1 aromatic heterocycles. The van der Waals surface area contributed by atoms with E-state index in [1.165, 1.54) is 36.5 Å². The van der Waals surface area contributed by atoms with E-state index in [0.717, 1.165) is 19.5 Å². The van der Waals surface area contributed by atoms with Gasteiger partial charge in [-0.25, -0.2) is 4.98 Å². The molecule has 2 rings (SSSR count). The first-order valence-electron chi connectivity index (χ1n) is 6.19.